The zero-order valence-electron chi connectivity index (χ0n) is 12.9. The Bertz CT molecular complexity index is 627. The average Bonchev–Trinajstić information content (AvgIpc) is 2.74. The van der Waals surface area contributed by atoms with Crippen LogP contribution >= 0.6 is 0 Å². The van der Waals surface area contributed by atoms with Crippen molar-refractivity contribution in [1.82, 2.24) is 5.43 Å². The Morgan fingerprint density at radius 1 is 1.00 bits per heavy atom. The highest BCUT2D eigenvalue weighted by Crippen LogP contribution is 2.40. The summed E-state index contributed by atoms with van der Waals surface area (Å²) in [5, 5.41) is 2.51. The van der Waals surface area contributed by atoms with Crippen LogP contribution in [-0.4, -0.2) is 12.2 Å². The van der Waals surface area contributed by atoms with Crippen molar-refractivity contribution in [3.05, 3.63) is 48.0 Å². The molecule has 0 saturated carbocycles. The minimum absolute atomic E-state index is 0.115. The molecule has 2 aromatic carbocycles. The summed E-state index contributed by atoms with van der Waals surface area (Å²) in [6.45, 7) is 6.55. The van der Waals surface area contributed by atoms with Gasteiger partial charge in [-0.15, -0.1) is 0 Å². The second-order valence-electron chi connectivity index (χ2n) is 6.23. The van der Waals surface area contributed by atoms with Gasteiger partial charge in [0.2, 0.25) is 0 Å². The van der Waals surface area contributed by atoms with E-state index in [0.717, 1.165) is 0 Å². The van der Waals surface area contributed by atoms with Crippen molar-refractivity contribution < 1.29 is 4.74 Å². The molecule has 3 rings (SSSR count). The monoisotopic (exact) mass is 284 g/mol. The fourth-order valence-electron chi connectivity index (χ4n) is 3.70. The van der Waals surface area contributed by atoms with Gasteiger partial charge in [0.1, 0.15) is 0 Å². The SMILES string of the molecule is CC1OC(C)C(C(NN)c2ccc3ccccc3c2)C1C. The van der Waals surface area contributed by atoms with Gasteiger partial charge in [0.15, 0.2) is 0 Å². The predicted octanol–water partition coefficient (Wildman–Crippen LogP) is 3.40. The number of hydrazine groups is 1. The largest absolute Gasteiger partial charge is 0.375 e. The van der Waals surface area contributed by atoms with Crippen LogP contribution in [-0.2, 0) is 4.74 Å². The zero-order chi connectivity index (χ0) is 15.0. The van der Waals surface area contributed by atoms with E-state index in [1.165, 1.54) is 16.3 Å². The van der Waals surface area contributed by atoms with Gasteiger partial charge in [-0.1, -0.05) is 43.3 Å². The first kappa shape index (κ1) is 14.5. The molecule has 1 aliphatic heterocycles. The van der Waals surface area contributed by atoms with Gasteiger partial charge in [0, 0.05) is 5.92 Å². The Balaban J connectivity index is 1.98. The fraction of sp³-hybridized carbons (Fsp3) is 0.444. The van der Waals surface area contributed by atoms with Gasteiger partial charge in [0.25, 0.3) is 0 Å². The summed E-state index contributed by atoms with van der Waals surface area (Å²) in [5.74, 6) is 6.75. The molecule has 1 fully saturated rings. The molecule has 0 aromatic heterocycles. The van der Waals surface area contributed by atoms with E-state index < -0.39 is 0 Å². The Hall–Kier alpha value is -1.42. The number of nitrogens with one attached hydrogen (secondary N) is 1. The molecule has 5 unspecified atom stereocenters. The van der Waals surface area contributed by atoms with Crippen molar-refractivity contribution in [2.24, 2.45) is 17.7 Å². The number of rotatable bonds is 3. The molecule has 3 N–H and O–H groups in total. The van der Waals surface area contributed by atoms with Crippen molar-refractivity contribution in [3.63, 3.8) is 0 Å². The summed E-state index contributed by atoms with van der Waals surface area (Å²) in [4.78, 5) is 0. The van der Waals surface area contributed by atoms with Crippen LogP contribution in [0.4, 0.5) is 0 Å². The van der Waals surface area contributed by atoms with E-state index >= 15 is 0 Å². The van der Waals surface area contributed by atoms with E-state index in [4.69, 9.17) is 10.6 Å². The summed E-state index contributed by atoms with van der Waals surface area (Å²) in [7, 11) is 0. The lowest BCUT2D eigenvalue weighted by Gasteiger charge is -2.29. The zero-order valence-corrected chi connectivity index (χ0v) is 12.9. The van der Waals surface area contributed by atoms with E-state index in [1.54, 1.807) is 0 Å². The van der Waals surface area contributed by atoms with E-state index in [0.29, 0.717) is 11.8 Å². The number of nitrogens with two attached hydrogens (primary N) is 1. The van der Waals surface area contributed by atoms with E-state index in [1.807, 2.05) is 0 Å². The minimum atomic E-state index is 0.115. The first-order valence-corrected chi connectivity index (χ1v) is 7.72. The molecule has 112 valence electrons. The molecule has 1 saturated heterocycles. The van der Waals surface area contributed by atoms with Gasteiger partial charge < -0.3 is 4.74 Å². The number of ether oxygens (including phenoxy) is 1. The van der Waals surface area contributed by atoms with Crippen LogP contribution in [0.5, 0.6) is 0 Å². The average molecular weight is 284 g/mol. The lowest BCUT2D eigenvalue weighted by Crippen LogP contribution is -2.38. The topological polar surface area (TPSA) is 47.3 Å². The van der Waals surface area contributed by atoms with Crippen LogP contribution in [0.15, 0.2) is 42.5 Å². The summed E-state index contributed by atoms with van der Waals surface area (Å²) < 4.78 is 5.98. The lowest BCUT2D eigenvalue weighted by molar-refractivity contribution is 0.0475. The molecule has 0 aliphatic carbocycles. The Morgan fingerprint density at radius 3 is 2.33 bits per heavy atom. The van der Waals surface area contributed by atoms with Gasteiger partial charge in [-0.3, -0.25) is 11.3 Å². The molecule has 0 radical (unpaired) electrons. The Kier molecular flexibility index (Phi) is 3.98. The first-order valence-electron chi connectivity index (χ1n) is 7.72. The molecule has 2 aromatic rings. The van der Waals surface area contributed by atoms with Crippen molar-refractivity contribution in [1.29, 1.82) is 0 Å². The summed E-state index contributed by atoms with van der Waals surface area (Å²) in [6, 6.07) is 15.1. The summed E-state index contributed by atoms with van der Waals surface area (Å²) in [5.41, 5.74) is 4.26. The van der Waals surface area contributed by atoms with Crippen LogP contribution in [0.3, 0.4) is 0 Å². The third-order valence-electron chi connectivity index (χ3n) is 5.02. The summed E-state index contributed by atoms with van der Waals surface area (Å²) >= 11 is 0. The van der Waals surface area contributed by atoms with Crippen molar-refractivity contribution in [3.8, 4) is 0 Å². The smallest absolute Gasteiger partial charge is 0.0601 e. The van der Waals surface area contributed by atoms with Gasteiger partial charge in [-0.05, 0) is 42.2 Å². The van der Waals surface area contributed by atoms with Crippen LogP contribution < -0.4 is 11.3 Å². The standard InChI is InChI=1S/C18H24N2O/c1-11-12(2)21-13(3)17(11)18(20-19)16-9-8-14-6-4-5-7-15(14)10-16/h4-13,17-18,20H,19H2,1-3H3. The number of hydrogen-bond acceptors (Lipinski definition) is 3. The summed E-state index contributed by atoms with van der Waals surface area (Å²) in [6.07, 6.45) is 0.490. The van der Waals surface area contributed by atoms with Crippen molar-refractivity contribution >= 4 is 10.8 Å². The van der Waals surface area contributed by atoms with E-state index in [2.05, 4.69) is 68.7 Å². The molecule has 21 heavy (non-hydrogen) atoms. The highest BCUT2D eigenvalue weighted by molar-refractivity contribution is 5.83. The van der Waals surface area contributed by atoms with E-state index in [-0.39, 0.29) is 18.2 Å². The Labute approximate surface area is 126 Å². The maximum Gasteiger partial charge on any atom is 0.0601 e. The molecule has 1 heterocycles. The van der Waals surface area contributed by atoms with Crippen molar-refractivity contribution in [2.45, 2.75) is 39.0 Å². The first-order chi connectivity index (χ1) is 10.1. The molecule has 5 atom stereocenters. The number of hydrogen-bond donors (Lipinski definition) is 2. The maximum absolute atomic E-state index is 5.98. The molecular formula is C18H24N2O. The third kappa shape index (κ3) is 2.57. The van der Waals surface area contributed by atoms with Crippen molar-refractivity contribution in [2.75, 3.05) is 0 Å². The number of benzene rings is 2. The Morgan fingerprint density at radius 2 is 1.71 bits per heavy atom. The lowest BCUT2D eigenvalue weighted by atomic mass is 9.80. The quantitative estimate of drug-likeness (QED) is 0.671. The minimum Gasteiger partial charge on any atom is -0.375 e. The second kappa shape index (κ2) is 5.76. The highest BCUT2D eigenvalue weighted by atomic mass is 16.5. The van der Waals surface area contributed by atoms with Gasteiger partial charge in [-0.2, -0.15) is 0 Å². The number of fused-ring (bicyclic) bond motifs is 1. The van der Waals surface area contributed by atoms with Crippen LogP contribution in [0, 0.1) is 11.8 Å². The van der Waals surface area contributed by atoms with Crippen LogP contribution in [0.2, 0.25) is 0 Å². The molecular weight excluding hydrogens is 260 g/mol. The molecule has 0 amide bonds. The maximum atomic E-state index is 5.98. The molecule has 3 nitrogen and oxygen atoms in total. The molecule has 0 bridgehead atoms. The van der Waals surface area contributed by atoms with E-state index in [9.17, 15) is 0 Å². The molecule has 0 spiro atoms. The molecule has 3 heteroatoms. The second-order valence-corrected chi connectivity index (χ2v) is 6.23. The van der Waals surface area contributed by atoms with Crippen LogP contribution in [0.25, 0.3) is 10.8 Å². The van der Waals surface area contributed by atoms with Gasteiger partial charge in [-0.25, -0.2) is 0 Å². The highest BCUT2D eigenvalue weighted by Gasteiger charge is 2.41. The predicted molar refractivity (Wildman–Crippen MR) is 86.7 cm³/mol. The van der Waals surface area contributed by atoms with Crippen LogP contribution in [0.1, 0.15) is 32.4 Å². The van der Waals surface area contributed by atoms with Gasteiger partial charge >= 0.3 is 0 Å². The normalized spacial score (nSPS) is 30.7. The molecule has 1 aliphatic rings. The third-order valence-corrected chi connectivity index (χ3v) is 5.02. The van der Waals surface area contributed by atoms with Gasteiger partial charge in [0.05, 0.1) is 18.2 Å². The fourth-order valence-corrected chi connectivity index (χ4v) is 3.70.